The third-order valence-corrected chi connectivity index (χ3v) is 1.14. The van der Waals surface area contributed by atoms with E-state index in [-0.39, 0.29) is 0 Å². The van der Waals surface area contributed by atoms with Crippen LogP contribution < -0.4 is 5.32 Å². The first-order valence-electron chi connectivity index (χ1n) is 3.61. The molecule has 0 fully saturated rings. The molecule has 1 rings (SSSR count). The van der Waals surface area contributed by atoms with Gasteiger partial charge in [0.15, 0.2) is 0 Å². The SMILES string of the molecule is C=CNC.Cc1ccccc1. The second kappa shape index (κ2) is 6.87. The van der Waals surface area contributed by atoms with Crippen molar-refractivity contribution in [1.29, 1.82) is 0 Å². The van der Waals surface area contributed by atoms with Crippen LogP contribution in [0.2, 0.25) is 0 Å². The molecule has 0 unspecified atom stereocenters. The first-order chi connectivity index (χ1) is 5.31. The molecule has 0 radical (unpaired) electrons. The van der Waals surface area contributed by atoms with Gasteiger partial charge >= 0.3 is 0 Å². The lowest BCUT2D eigenvalue weighted by Gasteiger charge is -1.82. The van der Waals surface area contributed by atoms with Crippen molar-refractivity contribution < 1.29 is 0 Å². The van der Waals surface area contributed by atoms with Crippen LogP contribution in [0, 0.1) is 6.92 Å². The van der Waals surface area contributed by atoms with E-state index in [1.165, 1.54) is 5.56 Å². The number of rotatable bonds is 1. The molecular weight excluding hydrogens is 134 g/mol. The summed E-state index contributed by atoms with van der Waals surface area (Å²) < 4.78 is 0. The van der Waals surface area contributed by atoms with Gasteiger partial charge in [0.2, 0.25) is 0 Å². The molecule has 11 heavy (non-hydrogen) atoms. The molecular formula is C10H15N. The van der Waals surface area contributed by atoms with Crippen LogP contribution in [0.25, 0.3) is 0 Å². The van der Waals surface area contributed by atoms with Crippen LogP contribution in [0.5, 0.6) is 0 Å². The molecule has 1 N–H and O–H groups in total. The van der Waals surface area contributed by atoms with E-state index >= 15 is 0 Å². The molecule has 0 aliphatic carbocycles. The predicted molar refractivity (Wildman–Crippen MR) is 50.4 cm³/mol. The Kier molecular flexibility index (Phi) is 6.10. The van der Waals surface area contributed by atoms with E-state index in [4.69, 9.17) is 0 Å². The molecule has 0 amide bonds. The summed E-state index contributed by atoms with van der Waals surface area (Å²) in [6.07, 6.45) is 1.62. The highest BCUT2D eigenvalue weighted by molar-refractivity contribution is 5.11. The van der Waals surface area contributed by atoms with Gasteiger partial charge in [-0.1, -0.05) is 42.5 Å². The van der Waals surface area contributed by atoms with Gasteiger partial charge in [-0.15, -0.1) is 0 Å². The average molecular weight is 149 g/mol. The molecule has 1 aromatic carbocycles. The molecule has 0 saturated carbocycles. The van der Waals surface area contributed by atoms with Gasteiger partial charge in [-0.3, -0.25) is 0 Å². The van der Waals surface area contributed by atoms with Crippen molar-refractivity contribution in [2.75, 3.05) is 7.05 Å². The van der Waals surface area contributed by atoms with E-state index in [0.717, 1.165) is 0 Å². The van der Waals surface area contributed by atoms with Crippen molar-refractivity contribution >= 4 is 0 Å². The summed E-state index contributed by atoms with van der Waals surface area (Å²) in [6, 6.07) is 10.3. The van der Waals surface area contributed by atoms with E-state index in [9.17, 15) is 0 Å². The minimum atomic E-state index is 1.32. The van der Waals surface area contributed by atoms with Crippen LogP contribution >= 0.6 is 0 Å². The topological polar surface area (TPSA) is 12.0 Å². The van der Waals surface area contributed by atoms with Crippen LogP contribution in [0.1, 0.15) is 5.56 Å². The van der Waals surface area contributed by atoms with Crippen LogP contribution in [0.4, 0.5) is 0 Å². The largest absolute Gasteiger partial charge is 0.394 e. The fourth-order valence-corrected chi connectivity index (χ4v) is 0.534. The molecule has 0 heterocycles. The van der Waals surface area contributed by atoms with Gasteiger partial charge in [0.25, 0.3) is 0 Å². The molecule has 0 saturated heterocycles. The minimum absolute atomic E-state index is 1.32. The molecule has 1 aromatic rings. The van der Waals surface area contributed by atoms with Crippen LogP contribution in [0.3, 0.4) is 0 Å². The lowest BCUT2D eigenvalue weighted by molar-refractivity contribution is 1.11. The Bertz CT molecular complexity index is 179. The van der Waals surface area contributed by atoms with E-state index < -0.39 is 0 Å². The number of hydrogen-bond donors (Lipinski definition) is 1. The highest BCUT2D eigenvalue weighted by Crippen LogP contribution is 1.92. The van der Waals surface area contributed by atoms with Gasteiger partial charge in [0.1, 0.15) is 0 Å². The molecule has 0 aromatic heterocycles. The Hall–Kier alpha value is -1.24. The lowest BCUT2D eigenvalue weighted by atomic mass is 10.2. The number of hydrogen-bond acceptors (Lipinski definition) is 1. The highest BCUT2D eigenvalue weighted by Gasteiger charge is 1.72. The Morgan fingerprint density at radius 3 is 1.91 bits per heavy atom. The van der Waals surface area contributed by atoms with Gasteiger partial charge in [-0.25, -0.2) is 0 Å². The maximum absolute atomic E-state index is 3.37. The van der Waals surface area contributed by atoms with E-state index in [2.05, 4.69) is 31.0 Å². The van der Waals surface area contributed by atoms with Crippen molar-refractivity contribution in [3.63, 3.8) is 0 Å². The molecule has 0 aliphatic heterocycles. The second-order valence-electron chi connectivity index (χ2n) is 2.15. The molecule has 0 bridgehead atoms. The molecule has 1 nitrogen and oxygen atoms in total. The Balaban J connectivity index is 0.000000218. The summed E-state index contributed by atoms with van der Waals surface area (Å²) in [4.78, 5) is 0. The first-order valence-corrected chi connectivity index (χ1v) is 3.61. The van der Waals surface area contributed by atoms with Gasteiger partial charge in [0.05, 0.1) is 0 Å². The maximum atomic E-state index is 3.37. The number of benzene rings is 1. The monoisotopic (exact) mass is 149 g/mol. The smallest absolute Gasteiger partial charge is 0.00275 e. The van der Waals surface area contributed by atoms with Gasteiger partial charge in [-0.05, 0) is 13.1 Å². The fourth-order valence-electron chi connectivity index (χ4n) is 0.534. The Labute approximate surface area is 68.8 Å². The number of aryl methyl sites for hydroxylation is 1. The summed E-state index contributed by atoms with van der Waals surface area (Å²) in [5.41, 5.74) is 1.32. The van der Waals surface area contributed by atoms with Crippen molar-refractivity contribution in [1.82, 2.24) is 5.32 Å². The second-order valence-corrected chi connectivity index (χ2v) is 2.15. The zero-order chi connectivity index (χ0) is 8.53. The predicted octanol–water partition coefficient (Wildman–Crippen LogP) is 2.34. The summed E-state index contributed by atoms with van der Waals surface area (Å²) >= 11 is 0. The minimum Gasteiger partial charge on any atom is -0.394 e. The zero-order valence-corrected chi connectivity index (χ0v) is 7.17. The van der Waals surface area contributed by atoms with Gasteiger partial charge < -0.3 is 5.32 Å². The van der Waals surface area contributed by atoms with E-state index in [0.29, 0.717) is 0 Å². The maximum Gasteiger partial charge on any atom is 0.00275 e. The first kappa shape index (κ1) is 9.76. The molecule has 0 aliphatic rings. The molecule has 0 atom stereocenters. The van der Waals surface area contributed by atoms with Crippen molar-refractivity contribution in [3.05, 3.63) is 48.7 Å². The standard InChI is InChI=1S/C7H8.C3H7N/c1-7-5-3-2-4-6-7;1-3-4-2/h2-6H,1H3;3-4H,1H2,2H3. The van der Waals surface area contributed by atoms with Crippen molar-refractivity contribution in [3.8, 4) is 0 Å². The lowest BCUT2D eigenvalue weighted by Crippen LogP contribution is -1.87. The van der Waals surface area contributed by atoms with Gasteiger partial charge in [-0.2, -0.15) is 0 Å². The quantitative estimate of drug-likeness (QED) is 0.646. The summed E-state index contributed by atoms with van der Waals surface area (Å²) in [6.45, 7) is 5.45. The molecule has 1 heteroatoms. The van der Waals surface area contributed by atoms with Crippen LogP contribution in [-0.2, 0) is 0 Å². The van der Waals surface area contributed by atoms with Crippen molar-refractivity contribution in [2.45, 2.75) is 6.92 Å². The Morgan fingerprint density at radius 1 is 1.27 bits per heavy atom. The third-order valence-electron chi connectivity index (χ3n) is 1.14. The van der Waals surface area contributed by atoms with Crippen LogP contribution in [0.15, 0.2) is 43.1 Å². The average Bonchev–Trinajstić information content (AvgIpc) is 2.07. The molecule has 0 spiro atoms. The fraction of sp³-hybridized carbons (Fsp3) is 0.200. The van der Waals surface area contributed by atoms with E-state index in [1.54, 1.807) is 6.20 Å². The Morgan fingerprint density at radius 2 is 1.73 bits per heavy atom. The molecule has 60 valence electrons. The highest BCUT2D eigenvalue weighted by atomic mass is 14.8. The summed E-state index contributed by atoms with van der Waals surface area (Å²) in [5, 5.41) is 2.69. The normalized spacial score (nSPS) is 7.45. The van der Waals surface area contributed by atoms with Gasteiger partial charge in [0, 0.05) is 7.05 Å². The number of nitrogens with one attached hydrogen (secondary N) is 1. The van der Waals surface area contributed by atoms with Crippen LogP contribution in [-0.4, -0.2) is 7.05 Å². The summed E-state index contributed by atoms with van der Waals surface area (Å²) in [7, 11) is 1.81. The summed E-state index contributed by atoms with van der Waals surface area (Å²) in [5.74, 6) is 0. The van der Waals surface area contributed by atoms with Crippen molar-refractivity contribution in [2.24, 2.45) is 0 Å². The third kappa shape index (κ3) is 6.65. The zero-order valence-electron chi connectivity index (χ0n) is 7.17. The van der Waals surface area contributed by atoms with E-state index in [1.807, 2.05) is 25.2 Å².